The highest BCUT2D eigenvalue weighted by Gasteiger charge is 2.28. The van der Waals surface area contributed by atoms with Gasteiger partial charge in [-0.25, -0.2) is 0 Å². The van der Waals surface area contributed by atoms with Crippen molar-refractivity contribution in [3.05, 3.63) is 54.0 Å². The van der Waals surface area contributed by atoms with E-state index in [1.54, 1.807) is 6.26 Å². The molecule has 6 nitrogen and oxygen atoms in total. The maximum atomic E-state index is 13.0. The molecule has 1 aromatic carbocycles. The molecule has 0 spiro atoms. The van der Waals surface area contributed by atoms with Crippen LogP contribution in [0.5, 0.6) is 0 Å². The van der Waals surface area contributed by atoms with Crippen LogP contribution in [0.1, 0.15) is 31.1 Å². The molecule has 7 heteroatoms. The molecule has 0 unspecified atom stereocenters. The second-order valence-electron chi connectivity index (χ2n) is 7.97. The number of piperidine rings is 1. The van der Waals surface area contributed by atoms with Crippen molar-refractivity contribution >= 4 is 17.7 Å². The summed E-state index contributed by atoms with van der Waals surface area (Å²) < 4.78 is 7.31. The number of nitrogens with zero attached hydrogens (tertiary/aromatic N) is 4. The van der Waals surface area contributed by atoms with Crippen LogP contribution < -0.4 is 0 Å². The van der Waals surface area contributed by atoms with E-state index in [9.17, 15) is 4.79 Å². The Hall–Kier alpha value is -2.54. The van der Waals surface area contributed by atoms with E-state index in [0.29, 0.717) is 5.92 Å². The Labute approximate surface area is 181 Å². The topological polar surface area (TPSA) is 64.2 Å². The predicted molar refractivity (Wildman–Crippen MR) is 118 cm³/mol. The van der Waals surface area contributed by atoms with E-state index >= 15 is 0 Å². The van der Waals surface area contributed by atoms with Gasteiger partial charge in [0.15, 0.2) is 11.0 Å². The zero-order valence-electron chi connectivity index (χ0n) is 17.7. The standard InChI is InChI=1S/C23H28N4O2S/c1-16-20(11-14-29-16)21-24-25-23(26(21)3)30-17(2)22(28)27-12-9-19(10-13-27)15-18-7-5-4-6-8-18/h4-8,11,14,17,19H,9-10,12-13,15H2,1-3H3/t17-/m0/s1. The normalized spacial score (nSPS) is 16.0. The van der Waals surface area contributed by atoms with Gasteiger partial charge in [0.25, 0.3) is 0 Å². The summed E-state index contributed by atoms with van der Waals surface area (Å²) in [5, 5.41) is 9.15. The van der Waals surface area contributed by atoms with Gasteiger partial charge in [0.1, 0.15) is 5.76 Å². The molecule has 0 radical (unpaired) electrons. The Balaban J connectivity index is 1.33. The molecular weight excluding hydrogens is 396 g/mol. The van der Waals surface area contributed by atoms with Gasteiger partial charge in [-0.1, -0.05) is 42.1 Å². The van der Waals surface area contributed by atoms with Crippen molar-refractivity contribution in [1.82, 2.24) is 19.7 Å². The summed E-state index contributed by atoms with van der Waals surface area (Å²) in [7, 11) is 1.93. The van der Waals surface area contributed by atoms with Crippen LogP contribution in [0.2, 0.25) is 0 Å². The zero-order valence-corrected chi connectivity index (χ0v) is 18.6. The second-order valence-corrected chi connectivity index (χ2v) is 9.28. The van der Waals surface area contributed by atoms with Crippen LogP contribution in [0, 0.1) is 12.8 Å². The van der Waals surface area contributed by atoms with E-state index in [-0.39, 0.29) is 11.2 Å². The van der Waals surface area contributed by atoms with Crippen molar-refractivity contribution in [1.29, 1.82) is 0 Å². The number of likely N-dealkylation sites (tertiary alicyclic amines) is 1. The third-order valence-electron chi connectivity index (χ3n) is 5.86. The number of carbonyl (C=O) groups is 1. The van der Waals surface area contributed by atoms with Gasteiger partial charge in [0.05, 0.1) is 17.1 Å². The van der Waals surface area contributed by atoms with E-state index in [1.807, 2.05) is 36.4 Å². The number of rotatable bonds is 6. The maximum absolute atomic E-state index is 13.0. The first-order valence-corrected chi connectivity index (χ1v) is 11.3. The average Bonchev–Trinajstić information content (AvgIpc) is 3.34. The molecule has 30 heavy (non-hydrogen) atoms. The van der Waals surface area contributed by atoms with Crippen LogP contribution in [0.4, 0.5) is 0 Å². The molecule has 1 aliphatic rings. The SMILES string of the molecule is Cc1occc1-c1nnc(S[C@@H](C)C(=O)N2CCC(Cc3ccccc3)CC2)n1C. The summed E-state index contributed by atoms with van der Waals surface area (Å²) in [6.07, 6.45) is 4.87. The van der Waals surface area contributed by atoms with Crippen molar-refractivity contribution in [2.75, 3.05) is 13.1 Å². The van der Waals surface area contributed by atoms with Crippen LogP contribution in [-0.2, 0) is 18.3 Å². The fourth-order valence-electron chi connectivity index (χ4n) is 4.04. The van der Waals surface area contributed by atoms with Gasteiger partial charge in [-0.05, 0) is 50.7 Å². The number of carbonyl (C=O) groups excluding carboxylic acids is 1. The van der Waals surface area contributed by atoms with Crippen molar-refractivity contribution < 1.29 is 9.21 Å². The monoisotopic (exact) mass is 424 g/mol. The van der Waals surface area contributed by atoms with Gasteiger partial charge in [0, 0.05) is 20.1 Å². The minimum Gasteiger partial charge on any atom is -0.469 e. The molecule has 1 amide bonds. The first-order chi connectivity index (χ1) is 14.5. The lowest BCUT2D eigenvalue weighted by atomic mass is 9.90. The largest absolute Gasteiger partial charge is 0.469 e. The molecule has 0 bridgehead atoms. The number of furan rings is 1. The molecular formula is C23H28N4O2S. The highest BCUT2D eigenvalue weighted by molar-refractivity contribution is 8.00. The van der Waals surface area contributed by atoms with Crippen LogP contribution in [-0.4, -0.2) is 43.9 Å². The summed E-state index contributed by atoms with van der Waals surface area (Å²) in [6, 6.07) is 12.5. The lowest BCUT2D eigenvalue weighted by Crippen LogP contribution is -2.42. The number of amides is 1. The highest BCUT2D eigenvalue weighted by Crippen LogP contribution is 2.29. The fraction of sp³-hybridized carbons (Fsp3) is 0.435. The third kappa shape index (κ3) is 4.46. The van der Waals surface area contributed by atoms with E-state index in [1.165, 1.54) is 17.3 Å². The number of thioether (sulfide) groups is 1. The fourth-order valence-corrected chi connectivity index (χ4v) is 4.94. The number of hydrogen-bond acceptors (Lipinski definition) is 5. The molecule has 0 aliphatic carbocycles. The lowest BCUT2D eigenvalue weighted by Gasteiger charge is -2.33. The summed E-state index contributed by atoms with van der Waals surface area (Å²) in [4.78, 5) is 15.0. The quantitative estimate of drug-likeness (QED) is 0.551. The molecule has 3 aromatic rings. The van der Waals surface area contributed by atoms with Crippen molar-refractivity contribution in [2.45, 2.75) is 43.5 Å². The van der Waals surface area contributed by atoms with Gasteiger partial charge in [-0.15, -0.1) is 10.2 Å². The lowest BCUT2D eigenvalue weighted by molar-refractivity contribution is -0.131. The second kappa shape index (κ2) is 9.08. The van der Waals surface area contributed by atoms with Crippen LogP contribution in [0.15, 0.2) is 52.2 Å². The van der Waals surface area contributed by atoms with Crippen molar-refractivity contribution in [2.24, 2.45) is 13.0 Å². The van der Waals surface area contributed by atoms with E-state index in [2.05, 4.69) is 40.5 Å². The van der Waals surface area contributed by atoms with Crippen molar-refractivity contribution in [3.8, 4) is 11.4 Å². The molecule has 0 N–H and O–H groups in total. The summed E-state index contributed by atoms with van der Waals surface area (Å²) in [5.74, 6) is 2.40. The molecule has 2 aromatic heterocycles. The summed E-state index contributed by atoms with van der Waals surface area (Å²) in [5.41, 5.74) is 2.31. The van der Waals surface area contributed by atoms with Gasteiger partial charge in [-0.2, -0.15) is 0 Å². The Kier molecular flexibility index (Phi) is 6.27. The molecule has 0 saturated carbocycles. The zero-order chi connectivity index (χ0) is 21.1. The van der Waals surface area contributed by atoms with Crippen LogP contribution in [0.3, 0.4) is 0 Å². The first kappa shape index (κ1) is 20.7. The van der Waals surface area contributed by atoms with E-state index in [0.717, 1.165) is 54.7 Å². The molecule has 1 atom stereocenters. The Morgan fingerprint density at radius 3 is 2.60 bits per heavy atom. The Morgan fingerprint density at radius 2 is 1.93 bits per heavy atom. The third-order valence-corrected chi connectivity index (χ3v) is 6.98. The molecule has 4 rings (SSSR count). The average molecular weight is 425 g/mol. The Bertz CT molecular complexity index is 990. The van der Waals surface area contributed by atoms with Gasteiger partial charge < -0.3 is 13.9 Å². The molecule has 1 aliphatic heterocycles. The molecule has 158 valence electrons. The summed E-state index contributed by atoms with van der Waals surface area (Å²) >= 11 is 1.47. The van der Waals surface area contributed by atoms with Gasteiger partial charge in [0.2, 0.25) is 5.91 Å². The molecule has 1 fully saturated rings. The van der Waals surface area contributed by atoms with Crippen LogP contribution in [0.25, 0.3) is 11.4 Å². The highest BCUT2D eigenvalue weighted by atomic mass is 32.2. The van der Waals surface area contributed by atoms with Crippen molar-refractivity contribution in [3.63, 3.8) is 0 Å². The first-order valence-electron chi connectivity index (χ1n) is 10.5. The number of hydrogen-bond donors (Lipinski definition) is 0. The van der Waals surface area contributed by atoms with E-state index < -0.39 is 0 Å². The predicted octanol–water partition coefficient (Wildman–Crippen LogP) is 4.35. The van der Waals surface area contributed by atoms with Gasteiger partial charge >= 0.3 is 0 Å². The summed E-state index contributed by atoms with van der Waals surface area (Å²) in [6.45, 7) is 5.53. The van der Waals surface area contributed by atoms with Crippen LogP contribution >= 0.6 is 11.8 Å². The minimum absolute atomic E-state index is 0.183. The Morgan fingerprint density at radius 1 is 1.20 bits per heavy atom. The maximum Gasteiger partial charge on any atom is 0.235 e. The number of benzene rings is 1. The smallest absolute Gasteiger partial charge is 0.235 e. The number of aryl methyl sites for hydroxylation is 1. The van der Waals surface area contributed by atoms with Gasteiger partial charge in [-0.3, -0.25) is 4.79 Å². The molecule has 1 saturated heterocycles. The van der Waals surface area contributed by atoms with E-state index in [4.69, 9.17) is 4.42 Å². The molecule has 3 heterocycles. The minimum atomic E-state index is -0.197. The number of aromatic nitrogens is 3.